The Morgan fingerprint density at radius 1 is 1.10 bits per heavy atom. The molecule has 1 atom stereocenters. The van der Waals surface area contributed by atoms with Gasteiger partial charge in [-0.05, 0) is 73.1 Å². The number of aryl methyl sites for hydroxylation is 1. The molecule has 0 saturated carbocycles. The van der Waals surface area contributed by atoms with Crippen LogP contribution in [0.1, 0.15) is 34.5 Å². The van der Waals surface area contributed by atoms with Gasteiger partial charge in [-0.1, -0.05) is 42.5 Å². The summed E-state index contributed by atoms with van der Waals surface area (Å²) in [7, 11) is 0. The van der Waals surface area contributed by atoms with E-state index >= 15 is 0 Å². The van der Waals surface area contributed by atoms with Gasteiger partial charge in [0.1, 0.15) is 11.2 Å². The van der Waals surface area contributed by atoms with Crippen molar-refractivity contribution >= 4 is 0 Å². The van der Waals surface area contributed by atoms with Crippen LogP contribution in [-0.4, -0.2) is 11.3 Å². The average molecular weight is 422 g/mol. The number of nitrogens with zero attached hydrogens (tertiary/aromatic N) is 2. The molecule has 0 fully saturated rings. The molecule has 1 aromatic heterocycles. The van der Waals surface area contributed by atoms with Crippen molar-refractivity contribution in [3.63, 3.8) is 0 Å². The molecule has 3 aromatic rings. The Balaban J connectivity index is 1.84. The predicted molar refractivity (Wildman–Crippen MR) is 112 cm³/mol. The third-order valence-electron chi connectivity index (χ3n) is 5.96. The zero-order valence-electron chi connectivity index (χ0n) is 17.3. The van der Waals surface area contributed by atoms with Gasteiger partial charge in [-0.3, -0.25) is 4.98 Å². The van der Waals surface area contributed by atoms with Crippen LogP contribution < -0.4 is 4.74 Å². The minimum absolute atomic E-state index is 0.263. The third-order valence-corrected chi connectivity index (χ3v) is 5.96. The van der Waals surface area contributed by atoms with Crippen LogP contribution in [0.15, 0.2) is 54.6 Å². The molecule has 1 aliphatic carbocycles. The number of alkyl halides is 3. The van der Waals surface area contributed by atoms with Crippen molar-refractivity contribution in [2.75, 3.05) is 0 Å². The van der Waals surface area contributed by atoms with Crippen molar-refractivity contribution in [2.24, 2.45) is 0 Å². The Hall–Kier alpha value is -3.33. The van der Waals surface area contributed by atoms with E-state index in [1.807, 2.05) is 44.2 Å². The molecule has 158 valence electrons. The van der Waals surface area contributed by atoms with Gasteiger partial charge in [0.2, 0.25) is 0 Å². The second kappa shape index (κ2) is 7.73. The van der Waals surface area contributed by atoms with Crippen LogP contribution in [0.4, 0.5) is 13.2 Å². The van der Waals surface area contributed by atoms with E-state index in [1.165, 1.54) is 12.1 Å². The monoisotopic (exact) mass is 422 g/mol. The quantitative estimate of drug-likeness (QED) is 0.502. The fourth-order valence-corrected chi connectivity index (χ4v) is 4.44. The molecule has 0 amide bonds. The molecular formula is C25H21F3N2O. The first kappa shape index (κ1) is 20.9. The fourth-order valence-electron chi connectivity index (χ4n) is 4.44. The molecule has 0 radical (unpaired) electrons. The predicted octanol–water partition coefficient (Wildman–Crippen LogP) is 6.21. The third kappa shape index (κ3) is 4.00. The Bertz CT molecular complexity index is 1170. The molecule has 1 heterocycles. The van der Waals surface area contributed by atoms with E-state index in [1.54, 1.807) is 12.1 Å². The maximum Gasteiger partial charge on any atom is 0.573 e. The first-order valence-corrected chi connectivity index (χ1v) is 10.0. The molecule has 4 rings (SSSR count). The van der Waals surface area contributed by atoms with E-state index in [2.05, 4.69) is 10.8 Å². The summed E-state index contributed by atoms with van der Waals surface area (Å²) in [6.07, 6.45) is -2.95. The van der Waals surface area contributed by atoms with Gasteiger partial charge in [0.15, 0.2) is 0 Å². The van der Waals surface area contributed by atoms with Crippen LogP contribution in [-0.2, 0) is 18.3 Å². The molecule has 3 nitrogen and oxygen atoms in total. The van der Waals surface area contributed by atoms with Gasteiger partial charge in [0.05, 0.1) is 11.8 Å². The summed E-state index contributed by atoms with van der Waals surface area (Å²) in [6, 6.07) is 18.3. The largest absolute Gasteiger partial charge is 0.573 e. The SMILES string of the molecule is Cc1nc2c(c(-c3cccc(OC(F)(F)F)c3)c1C)CC[C@@]2(C#N)Cc1ccccc1. The highest BCUT2D eigenvalue weighted by molar-refractivity contribution is 5.75. The molecule has 31 heavy (non-hydrogen) atoms. The van der Waals surface area contributed by atoms with E-state index < -0.39 is 11.8 Å². The highest BCUT2D eigenvalue weighted by Crippen LogP contribution is 2.46. The summed E-state index contributed by atoms with van der Waals surface area (Å²) < 4.78 is 42.3. The maximum absolute atomic E-state index is 12.7. The van der Waals surface area contributed by atoms with Crippen molar-refractivity contribution < 1.29 is 17.9 Å². The number of benzene rings is 2. The number of hydrogen-bond donors (Lipinski definition) is 0. The Morgan fingerprint density at radius 3 is 2.52 bits per heavy atom. The van der Waals surface area contributed by atoms with E-state index in [0.29, 0.717) is 24.8 Å². The van der Waals surface area contributed by atoms with Crippen molar-refractivity contribution in [2.45, 2.75) is 44.9 Å². The Kier molecular flexibility index (Phi) is 5.22. The number of rotatable bonds is 4. The lowest BCUT2D eigenvalue weighted by Crippen LogP contribution is -2.25. The van der Waals surface area contributed by atoms with E-state index in [-0.39, 0.29) is 5.75 Å². The molecule has 2 aromatic carbocycles. The smallest absolute Gasteiger partial charge is 0.406 e. The van der Waals surface area contributed by atoms with Gasteiger partial charge in [-0.2, -0.15) is 5.26 Å². The van der Waals surface area contributed by atoms with E-state index in [0.717, 1.165) is 33.6 Å². The zero-order valence-corrected chi connectivity index (χ0v) is 17.3. The van der Waals surface area contributed by atoms with Crippen LogP contribution in [0.5, 0.6) is 5.75 Å². The normalized spacial score (nSPS) is 17.8. The van der Waals surface area contributed by atoms with Crippen molar-refractivity contribution in [1.82, 2.24) is 4.98 Å². The number of pyridine rings is 1. The standard InChI is InChI=1S/C25H21F3N2O/c1-16-17(2)30-23-21(11-12-24(23,15-29)14-18-7-4-3-5-8-18)22(16)19-9-6-10-20(13-19)31-25(26,27)28/h3-10,13H,11-12,14H2,1-2H3/t24-/m0/s1. The molecule has 0 aliphatic heterocycles. The molecule has 1 aliphatic rings. The van der Waals surface area contributed by atoms with Crippen molar-refractivity contribution in [3.05, 3.63) is 82.7 Å². The fraction of sp³-hybridized carbons (Fsp3) is 0.280. The van der Waals surface area contributed by atoms with E-state index in [9.17, 15) is 18.4 Å². The topological polar surface area (TPSA) is 45.9 Å². The lowest BCUT2D eigenvalue weighted by Gasteiger charge is -2.23. The summed E-state index contributed by atoms with van der Waals surface area (Å²) in [5.74, 6) is -0.263. The van der Waals surface area contributed by atoms with Gasteiger partial charge < -0.3 is 4.74 Å². The summed E-state index contributed by atoms with van der Waals surface area (Å²) in [6.45, 7) is 3.79. The second-order valence-corrected chi connectivity index (χ2v) is 7.96. The summed E-state index contributed by atoms with van der Waals surface area (Å²) in [5.41, 5.74) is 5.11. The number of aromatic nitrogens is 1. The molecule has 6 heteroatoms. The number of halogens is 3. The van der Waals surface area contributed by atoms with Crippen molar-refractivity contribution in [3.8, 4) is 22.9 Å². The van der Waals surface area contributed by atoms with Crippen LogP contribution >= 0.6 is 0 Å². The minimum atomic E-state index is -4.75. The van der Waals surface area contributed by atoms with Gasteiger partial charge in [0.25, 0.3) is 0 Å². The first-order valence-electron chi connectivity index (χ1n) is 10.0. The lowest BCUT2D eigenvalue weighted by atomic mass is 9.80. The highest BCUT2D eigenvalue weighted by Gasteiger charge is 2.42. The first-order chi connectivity index (χ1) is 14.7. The van der Waals surface area contributed by atoms with Crippen molar-refractivity contribution in [1.29, 1.82) is 5.26 Å². The number of nitriles is 1. The highest BCUT2D eigenvalue weighted by atomic mass is 19.4. The van der Waals surface area contributed by atoms with Crippen LogP contribution in [0, 0.1) is 25.2 Å². The van der Waals surface area contributed by atoms with Gasteiger partial charge >= 0.3 is 6.36 Å². The van der Waals surface area contributed by atoms with Crippen LogP contribution in [0.2, 0.25) is 0 Å². The van der Waals surface area contributed by atoms with Crippen LogP contribution in [0.3, 0.4) is 0 Å². The number of fused-ring (bicyclic) bond motifs is 1. The van der Waals surface area contributed by atoms with Crippen LogP contribution in [0.25, 0.3) is 11.1 Å². The van der Waals surface area contributed by atoms with Gasteiger partial charge in [0, 0.05) is 5.69 Å². The number of hydrogen-bond acceptors (Lipinski definition) is 3. The van der Waals surface area contributed by atoms with Gasteiger partial charge in [-0.25, -0.2) is 0 Å². The molecule has 0 saturated heterocycles. The average Bonchev–Trinajstić information content (AvgIpc) is 3.06. The zero-order chi connectivity index (χ0) is 22.2. The number of ether oxygens (including phenoxy) is 1. The maximum atomic E-state index is 12.7. The Labute approximate surface area is 179 Å². The molecule has 0 spiro atoms. The summed E-state index contributed by atoms with van der Waals surface area (Å²) in [5, 5.41) is 10.2. The van der Waals surface area contributed by atoms with Gasteiger partial charge in [-0.15, -0.1) is 13.2 Å². The molecule has 0 unspecified atom stereocenters. The second-order valence-electron chi connectivity index (χ2n) is 7.96. The molecule has 0 bridgehead atoms. The lowest BCUT2D eigenvalue weighted by molar-refractivity contribution is -0.274. The summed E-state index contributed by atoms with van der Waals surface area (Å²) in [4.78, 5) is 4.81. The minimum Gasteiger partial charge on any atom is -0.406 e. The Morgan fingerprint density at radius 2 is 1.84 bits per heavy atom. The molecular weight excluding hydrogens is 401 g/mol. The molecule has 0 N–H and O–H groups in total. The summed E-state index contributed by atoms with van der Waals surface area (Å²) >= 11 is 0. The van der Waals surface area contributed by atoms with E-state index in [4.69, 9.17) is 4.98 Å².